The summed E-state index contributed by atoms with van der Waals surface area (Å²) in [5.41, 5.74) is 0. The number of nitrogens with one attached hydrogen (secondary N) is 2. The Morgan fingerprint density at radius 3 is 2.50 bits per heavy atom. The van der Waals surface area contributed by atoms with Crippen LogP contribution < -0.4 is 10.0 Å². The van der Waals surface area contributed by atoms with E-state index in [1.54, 1.807) is 18.8 Å². The van der Waals surface area contributed by atoms with Crippen LogP contribution in [0, 0.1) is 5.92 Å². The fraction of sp³-hybridized carbons (Fsp3) is 0.600. The second kappa shape index (κ2) is 6.91. The highest BCUT2D eigenvalue weighted by Gasteiger charge is 2.16. The van der Waals surface area contributed by atoms with Crippen LogP contribution in [0.15, 0.2) is 17.3 Å². The molecule has 1 unspecified atom stereocenters. The van der Waals surface area contributed by atoms with Gasteiger partial charge in [0.2, 0.25) is 16.0 Å². The number of thioether (sulfide) groups is 1. The van der Waals surface area contributed by atoms with Crippen LogP contribution in [0.2, 0.25) is 0 Å². The number of hydrogen-bond donors (Lipinski definition) is 2. The standard InChI is InChI=1S/C10H18N4O2S2/c1-8(7-17-3)4-14-18(15,16)9-5-12-10(11-2)13-6-9/h5-6,8,14H,4,7H2,1-3H3,(H,11,12,13). The second-order valence-electron chi connectivity index (χ2n) is 3.90. The molecule has 0 saturated heterocycles. The van der Waals surface area contributed by atoms with Gasteiger partial charge in [0, 0.05) is 13.6 Å². The van der Waals surface area contributed by atoms with Crippen LogP contribution in [-0.2, 0) is 10.0 Å². The molecule has 6 nitrogen and oxygen atoms in total. The summed E-state index contributed by atoms with van der Waals surface area (Å²) in [6.45, 7) is 2.41. The van der Waals surface area contributed by atoms with Crippen LogP contribution in [0.3, 0.4) is 0 Å². The summed E-state index contributed by atoms with van der Waals surface area (Å²) in [6, 6.07) is 0. The third-order valence-corrected chi connectivity index (χ3v) is 4.52. The Morgan fingerprint density at radius 1 is 1.39 bits per heavy atom. The van der Waals surface area contributed by atoms with Crippen molar-refractivity contribution in [2.24, 2.45) is 5.92 Å². The van der Waals surface area contributed by atoms with E-state index in [0.717, 1.165) is 5.75 Å². The Labute approximate surface area is 112 Å². The fourth-order valence-electron chi connectivity index (χ4n) is 1.26. The molecule has 0 aliphatic rings. The maximum Gasteiger partial charge on any atom is 0.243 e. The average molecular weight is 290 g/mol. The van der Waals surface area contributed by atoms with Gasteiger partial charge in [0.25, 0.3) is 0 Å². The highest BCUT2D eigenvalue weighted by atomic mass is 32.2. The average Bonchev–Trinajstić information content (AvgIpc) is 2.37. The smallest absolute Gasteiger partial charge is 0.243 e. The van der Waals surface area contributed by atoms with Crippen molar-refractivity contribution in [3.63, 3.8) is 0 Å². The Kier molecular flexibility index (Phi) is 5.83. The lowest BCUT2D eigenvalue weighted by atomic mass is 10.2. The van der Waals surface area contributed by atoms with Crippen molar-refractivity contribution in [1.29, 1.82) is 0 Å². The van der Waals surface area contributed by atoms with E-state index in [1.165, 1.54) is 12.4 Å². The van der Waals surface area contributed by atoms with E-state index in [9.17, 15) is 8.42 Å². The molecule has 1 aromatic rings. The monoisotopic (exact) mass is 290 g/mol. The van der Waals surface area contributed by atoms with Gasteiger partial charge in [-0.05, 0) is 17.9 Å². The molecule has 0 aliphatic carbocycles. The molecule has 8 heteroatoms. The van der Waals surface area contributed by atoms with E-state index >= 15 is 0 Å². The highest BCUT2D eigenvalue weighted by molar-refractivity contribution is 7.98. The van der Waals surface area contributed by atoms with Crippen molar-refractivity contribution in [3.8, 4) is 0 Å². The van der Waals surface area contributed by atoms with Crippen molar-refractivity contribution in [1.82, 2.24) is 14.7 Å². The van der Waals surface area contributed by atoms with Gasteiger partial charge in [0.05, 0.1) is 12.4 Å². The van der Waals surface area contributed by atoms with E-state index in [2.05, 4.69) is 20.0 Å². The van der Waals surface area contributed by atoms with Crippen molar-refractivity contribution in [2.75, 3.05) is 30.9 Å². The van der Waals surface area contributed by atoms with Crippen molar-refractivity contribution in [3.05, 3.63) is 12.4 Å². The first-order valence-corrected chi connectivity index (χ1v) is 8.35. The van der Waals surface area contributed by atoms with Gasteiger partial charge in [-0.3, -0.25) is 0 Å². The summed E-state index contributed by atoms with van der Waals surface area (Å²) in [5, 5.41) is 2.73. The van der Waals surface area contributed by atoms with Gasteiger partial charge in [-0.15, -0.1) is 0 Å². The molecule has 18 heavy (non-hydrogen) atoms. The number of aromatic nitrogens is 2. The van der Waals surface area contributed by atoms with E-state index in [1.807, 2.05) is 13.2 Å². The Morgan fingerprint density at radius 2 is 2.00 bits per heavy atom. The largest absolute Gasteiger partial charge is 0.357 e. The third kappa shape index (κ3) is 4.43. The molecular formula is C10H18N4O2S2. The predicted octanol–water partition coefficient (Wildman–Crippen LogP) is 0.796. The van der Waals surface area contributed by atoms with Crippen molar-refractivity contribution in [2.45, 2.75) is 11.8 Å². The quantitative estimate of drug-likeness (QED) is 0.772. The molecule has 0 bridgehead atoms. The molecule has 0 spiro atoms. The molecule has 0 amide bonds. The van der Waals surface area contributed by atoms with Gasteiger partial charge in [-0.2, -0.15) is 11.8 Å². The first kappa shape index (κ1) is 15.2. The first-order chi connectivity index (χ1) is 8.49. The molecule has 1 rings (SSSR count). The van der Waals surface area contributed by atoms with E-state index in [4.69, 9.17) is 0 Å². The summed E-state index contributed by atoms with van der Waals surface area (Å²) in [7, 11) is -1.84. The van der Waals surface area contributed by atoms with E-state index < -0.39 is 10.0 Å². The number of rotatable bonds is 7. The minimum absolute atomic E-state index is 0.0813. The maximum atomic E-state index is 11.9. The van der Waals surface area contributed by atoms with Crippen LogP contribution in [0.25, 0.3) is 0 Å². The summed E-state index contributed by atoms with van der Waals surface area (Å²) in [4.78, 5) is 7.84. The zero-order chi connectivity index (χ0) is 13.6. The second-order valence-corrected chi connectivity index (χ2v) is 6.58. The van der Waals surface area contributed by atoms with Crippen LogP contribution in [0.1, 0.15) is 6.92 Å². The zero-order valence-electron chi connectivity index (χ0n) is 10.7. The van der Waals surface area contributed by atoms with E-state index in [0.29, 0.717) is 12.5 Å². The zero-order valence-corrected chi connectivity index (χ0v) is 12.3. The van der Waals surface area contributed by atoms with Gasteiger partial charge < -0.3 is 5.32 Å². The van der Waals surface area contributed by atoms with Crippen LogP contribution in [0.4, 0.5) is 5.95 Å². The fourth-order valence-corrected chi connectivity index (χ4v) is 3.00. The molecule has 1 atom stereocenters. The normalized spacial score (nSPS) is 13.3. The van der Waals surface area contributed by atoms with Crippen LogP contribution in [0.5, 0.6) is 0 Å². The Balaban J connectivity index is 2.67. The van der Waals surface area contributed by atoms with Gasteiger partial charge in [-0.1, -0.05) is 6.92 Å². The lowest BCUT2D eigenvalue weighted by molar-refractivity contribution is 0.562. The molecule has 0 saturated carbocycles. The molecule has 0 aliphatic heterocycles. The Bertz CT molecular complexity index is 461. The maximum absolute atomic E-state index is 11.9. The minimum Gasteiger partial charge on any atom is -0.357 e. The van der Waals surface area contributed by atoms with Crippen LogP contribution in [-0.4, -0.2) is 44.0 Å². The molecule has 0 fully saturated rings. The van der Waals surface area contributed by atoms with Crippen molar-refractivity contribution >= 4 is 27.7 Å². The molecule has 1 aromatic heterocycles. The molecule has 1 heterocycles. The van der Waals surface area contributed by atoms with Gasteiger partial charge >= 0.3 is 0 Å². The molecule has 0 radical (unpaired) electrons. The lowest BCUT2D eigenvalue weighted by Crippen LogP contribution is -2.29. The Hall–Kier alpha value is -0.860. The van der Waals surface area contributed by atoms with E-state index in [-0.39, 0.29) is 10.8 Å². The van der Waals surface area contributed by atoms with Crippen LogP contribution >= 0.6 is 11.8 Å². The van der Waals surface area contributed by atoms with Crippen molar-refractivity contribution < 1.29 is 8.42 Å². The highest BCUT2D eigenvalue weighted by Crippen LogP contribution is 2.09. The first-order valence-electron chi connectivity index (χ1n) is 5.48. The number of hydrogen-bond acceptors (Lipinski definition) is 6. The number of anilines is 1. The summed E-state index contributed by atoms with van der Waals surface area (Å²) < 4.78 is 26.4. The third-order valence-electron chi connectivity index (χ3n) is 2.24. The number of sulfonamides is 1. The molecular weight excluding hydrogens is 272 g/mol. The summed E-state index contributed by atoms with van der Waals surface area (Å²) in [6.07, 6.45) is 4.58. The lowest BCUT2D eigenvalue weighted by Gasteiger charge is -2.11. The summed E-state index contributed by atoms with van der Waals surface area (Å²) >= 11 is 1.69. The van der Waals surface area contributed by atoms with Gasteiger partial charge in [0.15, 0.2) is 0 Å². The number of nitrogens with zero attached hydrogens (tertiary/aromatic N) is 2. The molecule has 2 N–H and O–H groups in total. The minimum atomic E-state index is -3.51. The topological polar surface area (TPSA) is 84.0 Å². The molecule has 102 valence electrons. The van der Waals surface area contributed by atoms with Gasteiger partial charge in [-0.25, -0.2) is 23.1 Å². The SMILES string of the molecule is CNc1ncc(S(=O)(=O)NCC(C)CSC)cn1. The molecule has 0 aromatic carbocycles. The predicted molar refractivity (Wildman–Crippen MR) is 74.3 cm³/mol. The summed E-state index contributed by atoms with van der Waals surface area (Å²) in [5.74, 6) is 1.59. The van der Waals surface area contributed by atoms with Gasteiger partial charge in [0.1, 0.15) is 4.90 Å².